The maximum Gasteiger partial charge on any atom is 0.272 e. The van der Waals surface area contributed by atoms with E-state index in [1.807, 2.05) is 4.90 Å². The number of fused-ring (bicyclic) bond motifs is 1. The average Bonchev–Trinajstić information content (AvgIpc) is 2.85. The SMILES string of the molecule is Nc1ccnc(C(=O)N2CCN3CCCC3C2)c1. The summed E-state index contributed by atoms with van der Waals surface area (Å²) in [5.41, 5.74) is 6.74. The van der Waals surface area contributed by atoms with E-state index in [0.717, 1.165) is 19.6 Å². The summed E-state index contributed by atoms with van der Waals surface area (Å²) in [6, 6.07) is 3.90. The predicted octanol–water partition coefficient (Wildman–Crippen LogP) is 0.584. The molecule has 18 heavy (non-hydrogen) atoms. The number of rotatable bonds is 1. The maximum absolute atomic E-state index is 12.3. The normalized spacial score (nSPS) is 24.0. The highest BCUT2D eigenvalue weighted by Gasteiger charge is 2.32. The van der Waals surface area contributed by atoms with Crippen molar-refractivity contribution < 1.29 is 4.79 Å². The second kappa shape index (κ2) is 4.57. The number of hydrogen-bond acceptors (Lipinski definition) is 4. The van der Waals surface area contributed by atoms with Crippen molar-refractivity contribution in [3.63, 3.8) is 0 Å². The summed E-state index contributed by atoms with van der Waals surface area (Å²) in [5.74, 6) is 0.00819. The molecule has 96 valence electrons. The van der Waals surface area contributed by atoms with Crippen molar-refractivity contribution in [2.75, 3.05) is 31.9 Å². The van der Waals surface area contributed by atoms with Gasteiger partial charge in [-0.05, 0) is 31.5 Å². The van der Waals surface area contributed by atoms with Crippen LogP contribution in [0.25, 0.3) is 0 Å². The topological polar surface area (TPSA) is 62.5 Å². The summed E-state index contributed by atoms with van der Waals surface area (Å²) in [5, 5.41) is 0. The molecule has 1 amide bonds. The minimum atomic E-state index is 0.00819. The molecule has 0 radical (unpaired) electrons. The highest BCUT2D eigenvalue weighted by Crippen LogP contribution is 2.22. The van der Waals surface area contributed by atoms with Crippen LogP contribution in [-0.4, -0.2) is 52.9 Å². The highest BCUT2D eigenvalue weighted by atomic mass is 16.2. The van der Waals surface area contributed by atoms with E-state index in [4.69, 9.17) is 5.73 Å². The minimum Gasteiger partial charge on any atom is -0.399 e. The Kier molecular flexibility index (Phi) is 2.91. The molecule has 0 aliphatic carbocycles. The van der Waals surface area contributed by atoms with Gasteiger partial charge >= 0.3 is 0 Å². The minimum absolute atomic E-state index is 0.00819. The fraction of sp³-hybridized carbons (Fsp3) is 0.538. The Morgan fingerprint density at radius 2 is 2.28 bits per heavy atom. The summed E-state index contributed by atoms with van der Waals surface area (Å²) >= 11 is 0. The zero-order valence-electron chi connectivity index (χ0n) is 10.4. The lowest BCUT2D eigenvalue weighted by molar-refractivity contribution is 0.0566. The molecule has 2 saturated heterocycles. The summed E-state index contributed by atoms with van der Waals surface area (Å²) in [6.45, 7) is 3.79. The van der Waals surface area contributed by atoms with Gasteiger partial charge in [-0.2, -0.15) is 0 Å². The van der Waals surface area contributed by atoms with Gasteiger partial charge < -0.3 is 10.6 Å². The van der Waals surface area contributed by atoms with E-state index in [1.165, 1.54) is 19.4 Å². The molecule has 0 spiro atoms. The van der Waals surface area contributed by atoms with Crippen molar-refractivity contribution in [2.45, 2.75) is 18.9 Å². The highest BCUT2D eigenvalue weighted by molar-refractivity contribution is 5.93. The van der Waals surface area contributed by atoms with Gasteiger partial charge in [0.25, 0.3) is 5.91 Å². The summed E-state index contributed by atoms with van der Waals surface area (Å²) in [4.78, 5) is 20.8. The lowest BCUT2D eigenvalue weighted by Gasteiger charge is -2.37. The molecular weight excluding hydrogens is 228 g/mol. The largest absolute Gasteiger partial charge is 0.399 e. The number of nitrogens with two attached hydrogens (primary N) is 1. The lowest BCUT2D eigenvalue weighted by Crippen LogP contribution is -2.52. The van der Waals surface area contributed by atoms with Gasteiger partial charge in [-0.3, -0.25) is 14.7 Å². The van der Waals surface area contributed by atoms with E-state index < -0.39 is 0 Å². The van der Waals surface area contributed by atoms with E-state index in [9.17, 15) is 4.79 Å². The first-order valence-corrected chi connectivity index (χ1v) is 6.49. The Bertz CT molecular complexity index is 462. The summed E-state index contributed by atoms with van der Waals surface area (Å²) in [6.07, 6.45) is 4.05. The van der Waals surface area contributed by atoms with E-state index in [1.54, 1.807) is 18.3 Å². The van der Waals surface area contributed by atoms with Gasteiger partial charge in [-0.15, -0.1) is 0 Å². The Morgan fingerprint density at radius 3 is 3.11 bits per heavy atom. The second-order valence-electron chi connectivity index (χ2n) is 5.06. The Hall–Kier alpha value is -1.62. The van der Waals surface area contributed by atoms with Crippen LogP contribution in [0.5, 0.6) is 0 Å². The molecular formula is C13H18N4O. The van der Waals surface area contributed by atoms with Gasteiger partial charge in [-0.25, -0.2) is 0 Å². The molecule has 2 aliphatic heterocycles. The van der Waals surface area contributed by atoms with Crippen LogP contribution in [0.4, 0.5) is 5.69 Å². The third-order valence-corrected chi connectivity index (χ3v) is 3.88. The molecule has 1 atom stereocenters. The van der Waals surface area contributed by atoms with Crippen molar-refractivity contribution in [3.05, 3.63) is 24.0 Å². The molecule has 2 N–H and O–H groups in total. The van der Waals surface area contributed by atoms with Gasteiger partial charge in [0, 0.05) is 37.6 Å². The zero-order chi connectivity index (χ0) is 12.5. The molecule has 5 nitrogen and oxygen atoms in total. The number of nitrogens with zero attached hydrogens (tertiary/aromatic N) is 3. The molecule has 3 rings (SSSR count). The smallest absolute Gasteiger partial charge is 0.272 e. The first-order valence-electron chi connectivity index (χ1n) is 6.49. The van der Waals surface area contributed by atoms with Crippen LogP contribution in [0.2, 0.25) is 0 Å². The van der Waals surface area contributed by atoms with Gasteiger partial charge in [0.05, 0.1) is 0 Å². The van der Waals surface area contributed by atoms with Crippen LogP contribution in [0.3, 0.4) is 0 Å². The number of carbonyl (C=O) groups is 1. The van der Waals surface area contributed by atoms with E-state index in [0.29, 0.717) is 17.4 Å². The van der Waals surface area contributed by atoms with Crippen LogP contribution < -0.4 is 5.73 Å². The fourth-order valence-corrected chi connectivity index (χ4v) is 2.90. The third-order valence-electron chi connectivity index (χ3n) is 3.88. The molecule has 1 aromatic heterocycles. The van der Waals surface area contributed by atoms with E-state index in [2.05, 4.69) is 9.88 Å². The molecule has 0 saturated carbocycles. The van der Waals surface area contributed by atoms with Crippen molar-refractivity contribution in [3.8, 4) is 0 Å². The number of amides is 1. The van der Waals surface area contributed by atoms with Crippen LogP contribution in [-0.2, 0) is 0 Å². The van der Waals surface area contributed by atoms with E-state index in [-0.39, 0.29) is 5.91 Å². The summed E-state index contributed by atoms with van der Waals surface area (Å²) < 4.78 is 0. The molecule has 1 unspecified atom stereocenters. The van der Waals surface area contributed by atoms with Crippen molar-refractivity contribution in [1.29, 1.82) is 0 Å². The first kappa shape index (κ1) is 11.5. The second-order valence-corrected chi connectivity index (χ2v) is 5.06. The molecule has 0 aromatic carbocycles. The van der Waals surface area contributed by atoms with Crippen LogP contribution in [0.1, 0.15) is 23.3 Å². The Balaban J connectivity index is 1.73. The molecule has 1 aromatic rings. The Morgan fingerprint density at radius 1 is 1.39 bits per heavy atom. The van der Waals surface area contributed by atoms with Gasteiger partial charge in [-0.1, -0.05) is 0 Å². The number of carbonyl (C=O) groups excluding carboxylic acids is 1. The van der Waals surface area contributed by atoms with Gasteiger partial charge in [0.2, 0.25) is 0 Å². The zero-order valence-corrected chi connectivity index (χ0v) is 10.4. The maximum atomic E-state index is 12.3. The number of aromatic nitrogens is 1. The number of anilines is 1. The fourth-order valence-electron chi connectivity index (χ4n) is 2.90. The molecule has 0 bridgehead atoms. The van der Waals surface area contributed by atoms with Crippen molar-refractivity contribution in [2.24, 2.45) is 0 Å². The van der Waals surface area contributed by atoms with E-state index >= 15 is 0 Å². The molecule has 5 heteroatoms. The van der Waals surface area contributed by atoms with Crippen LogP contribution >= 0.6 is 0 Å². The number of hydrogen-bond donors (Lipinski definition) is 1. The lowest BCUT2D eigenvalue weighted by atomic mass is 10.1. The third kappa shape index (κ3) is 2.06. The number of pyridine rings is 1. The predicted molar refractivity (Wildman–Crippen MR) is 69.1 cm³/mol. The summed E-state index contributed by atoms with van der Waals surface area (Å²) in [7, 11) is 0. The monoisotopic (exact) mass is 246 g/mol. The van der Waals surface area contributed by atoms with Crippen molar-refractivity contribution >= 4 is 11.6 Å². The molecule has 2 fully saturated rings. The quantitative estimate of drug-likeness (QED) is 0.787. The van der Waals surface area contributed by atoms with Crippen molar-refractivity contribution in [1.82, 2.24) is 14.8 Å². The Labute approximate surface area is 107 Å². The average molecular weight is 246 g/mol. The van der Waals surface area contributed by atoms with Gasteiger partial charge in [0.1, 0.15) is 5.69 Å². The van der Waals surface area contributed by atoms with Crippen LogP contribution in [0, 0.1) is 0 Å². The molecule has 2 aliphatic rings. The molecule has 3 heterocycles. The number of piperazine rings is 1. The van der Waals surface area contributed by atoms with Crippen LogP contribution in [0.15, 0.2) is 18.3 Å². The first-order chi connectivity index (χ1) is 8.74. The van der Waals surface area contributed by atoms with Gasteiger partial charge in [0.15, 0.2) is 0 Å². The number of nitrogen functional groups attached to an aromatic ring is 1. The standard InChI is InChI=1S/C13H18N4O/c14-10-3-4-15-12(8-10)13(18)17-7-6-16-5-1-2-11(16)9-17/h3-4,8,11H,1-2,5-7,9H2,(H2,14,15).